The molecular formula is C15H14ClN3O2. The minimum atomic E-state index is 0.516. The van der Waals surface area contributed by atoms with Gasteiger partial charge in [0, 0.05) is 17.6 Å². The number of nitrogens with two attached hydrogens (primary N) is 1. The zero-order valence-electron chi connectivity index (χ0n) is 11.6. The molecule has 3 rings (SSSR count). The standard InChI is InChI=1S/C15H14ClN3O2/c1-19-15(17)13(14(18-19)12-4-3-7-21-12)10-8-9(16)5-6-11(10)20-2/h3-8H,17H2,1-2H3. The molecule has 0 aliphatic carbocycles. The van der Waals surface area contributed by atoms with Gasteiger partial charge in [-0.05, 0) is 30.3 Å². The van der Waals surface area contributed by atoms with Crippen LogP contribution in [0.3, 0.4) is 0 Å². The van der Waals surface area contributed by atoms with Gasteiger partial charge in [0.05, 0.1) is 18.9 Å². The zero-order chi connectivity index (χ0) is 15.0. The lowest BCUT2D eigenvalue weighted by molar-refractivity contribution is 0.416. The van der Waals surface area contributed by atoms with Crippen LogP contribution in [-0.2, 0) is 7.05 Å². The summed E-state index contributed by atoms with van der Waals surface area (Å²) in [4.78, 5) is 0. The molecule has 6 heteroatoms. The van der Waals surface area contributed by atoms with Gasteiger partial charge in [0.15, 0.2) is 5.76 Å². The Morgan fingerprint density at radius 2 is 2.14 bits per heavy atom. The van der Waals surface area contributed by atoms with Gasteiger partial charge in [-0.3, -0.25) is 4.68 Å². The van der Waals surface area contributed by atoms with Gasteiger partial charge in [-0.15, -0.1) is 0 Å². The molecular weight excluding hydrogens is 290 g/mol. The Labute approximate surface area is 126 Å². The molecule has 0 aliphatic rings. The molecule has 0 spiro atoms. The van der Waals surface area contributed by atoms with Crippen LogP contribution in [-0.4, -0.2) is 16.9 Å². The fourth-order valence-electron chi connectivity index (χ4n) is 2.26. The number of nitrogens with zero attached hydrogens (tertiary/aromatic N) is 2. The number of furan rings is 1. The molecule has 2 N–H and O–H groups in total. The zero-order valence-corrected chi connectivity index (χ0v) is 12.4. The lowest BCUT2D eigenvalue weighted by Gasteiger charge is -2.09. The SMILES string of the molecule is COc1ccc(Cl)cc1-c1c(-c2ccco2)nn(C)c1N. The van der Waals surface area contributed by atoms with Crippen LogP contribution in [0.5, 0.6) is 5.75 Å². The smallest absolute Gasteiger partial charge is 0.154 e. The van der Waals surface area contributed by atoms with Crippen LogP contribution in [0.4, 0.5) is 5.82 Å². The van der Waals surface area contributed by atoms with Crippen molar-refractivity contribution in [2.45, 2.75) is 0 Å². The third-order valence-corrected chi connectivity index (χ3v) is 3.51. The summed E-state index contributed by atoms with van der Waals surface area (Å²) in [6, 6.07) is 9.01. The molecule has 0 aliphatic heterocycles. The van der Waals surface area contributed by atoms with E-state index in [2.05, 4.69) is 5.10 Å². The van der Waals surface area contributed by atoms with Crippen LogP contribution in [0, 0.1) is 0 Å². The van der Waals surface area contributed by atoms with Crippen LogP contribution in [0.2, 0.25) is 5.02 Å². The summed E-state index contributed by atoms with van der Waals surface area (Å²) in [5, 5.41) is 5.03. The first-order chi connectivity index (χ1) is 10.1. The molecule has 108 valence electrons. The van der Waals surface area contributed by atoms with E-state index < -0.39 is 0 Å². The van der Waals surface area contributed by atoms with Gasteiger partial charge >= 0.3 is 0 Å². The number of hydrogen-bond acceptors (Lipinski definition) is 4. The molecule has 0 amide bonds. The van der Waals surface area contributed by atoms with Crippen LogP contribution < -0.4 is 10.5 Å². The quantitative estimate of drug-likeness (QED) is 0.803. The van der Waals surface area contributed by atoms with Crippen LogP contribution in [0.15, 0.2) is 41.0 Å². The summed E-state index contributed by atoms with van der Waals surface area (Å²) in [5.41, 5.74) is 8.35. The Kier molecular flexibility index (Phi) is 3.35. The van der Waals surface area contributed by atoms with Gasteiger partial charge in [0.1, 0.15) is 17.3 Å². The Hall–Kier alpha value is -2.40. The number of rotatable bonds is 3. The van der Waals surface area contributed by atoms with Gasteiger partial charge in [-0.1, -0.05) is 11.6 Å². The van der Waals surface area contributed by atoms with Gasteiger partial charge in [0.25, 0.3) is 0 Å². The van der Waals surface area contributed by atoms with Crippen molar-refractivity contribution in [1.82, 2.24) is 9.78 Å². The minimum absolute atomic E-state index is 0.516. The van der Waals surface area contributed by atoms with E-state index in [1.54, 1.807) is 49.4 Å². The average Bonchev–Trinajstić information content (AvgIpc) is 3.08. The summed E-state index contributed by atoms with van der Waals surface area (Å²) in [5.74, 6) is 1.83. The first-order valence-corrected chi connectivity index (χ1v) is 6.70. The molecule has 0 fully saturated rings. The fraction of sp³-hybridized carbons (Fsp3) is 0.133. The lowest BCUT2D eigenvalue weighted by atomic mass is 10.0. The number of nitrogen functional groups attached to an aromatic ring is 1. The first kappa shape index (κ1) is 13.6. The van der Waals surface area contributed by atoms with Crippen molar-refractivity contribution in [1.29, 1.82) is 0 Å². The minimum Gasteiger partial charge on any atom is -0.496 e. The molecule has 0 bridgehead atoms. The molecule has 21 heavy (non-hydrogen) atoms. The highest BCUT2D eigenvalue weighted by atomic mass is 35.5. The highest BCUT2D eigenvalue weighted by molar-refractivity contribution is 6.31. The molecule has 0 saturated carbocycles. The van der Waals surface area contributed by atoms with Crippen molar-refractivity contribution in [3.05, 3.63) is 41.6 Å². The van der Waals surface area contributed by atoms with E-state index >= 15 is 0 Å². The van der Waals surface area contributed by atoms with Gasteiger partial charge in [-0.2, -0.15) is 5.10 Å². The van der Waals surface area contributed by atoms with Crippen molar-refractivity contribution in [3.63, 3.8) is 0 Å². The van der Waals surface area contributed by atoms with E-state index in [1.165, 1.54) is 0 Å². The number of aromatic nitrogens is 2. The third-order valence-electron chi connectivity index (χ3n) is 3.28. The highest BCUT2D eigenvalue weighted by Gasteiger charge is 2.22. The van der Waals surface area contributed by atoms with E-state index in [4.69, 9.17) is 26.5 Å². The van der Waals surface area contributed by atoms with E-state index in [0.717, 1.165) is 11.1 Å². The maximum absolute atomic E-state index is 6.18. The molecule has 3 aromatic rings. The van der Waals surface area contributed by atoms with Gasteiger partial charge < -0.3 is 14.9 Å². The van der Waals surface area contributed by atoms with Crippen molar-refractivity contribution >= 4 is 17.4 Å². The number of ether oxygens (including phenoxy) is 1. The molecule has 2 aromatic heterocycles. The maximum Gasteiger partial charge on any atom is 0.154 e. The summed E-state index contributed by atoms with van der Waals surface area (Å²) in [7, 11) is 3.38. The number of halogens is 1. The third kappa shape index (κ3) is 2.25. The molecule has 0 radical (unpaired) electrons. The van der Waals surface area contributed by atoms with Crippen molar-refractivity contribution in [2.24, 2.45) is 7.05 Å². The second-order valence-corrected chi connectivity index (χ2v) is 4.99. The average molecular weight is 304 g/mol. The van der Waals surface area contributed by atoms with Crippen LogP contribution >= 0.6 is 11.6 Å². The Morgan fingerprint density at radius 1 is 1.33 bits per heavy atom. The first-order valence-electron chi connectivity index (χ1n) is 6.32. The molecule has 5 nitrogen and oxygen atoms in total. The molecule has 2 heterocycles. The maximum atomic E-state index is 6.18. The molecule has 0 unspecified atom stereocenters. The van der Waals surface area contributed by atoms with Crippen LogP contribution in [0.1, 0.15) is 0 Å². The summed E-state index contributed by atoms with van der Waals surface area (Å²) in [6.45, 7) is 0. The van der Waals surface area contributed by atoms with Crippen LogP contribution in [0.25, 0.3) is 22.6 Å². The topological polar surface area (TPSA) is 66.2 Å². The number of benzene rings is 1. The molecule has 0 saturated heterocycles. The number of methoxy groups -OCH3 is 1. The van der Waals surface area contributed by atoms with Crippen molar-refractivity contribution in [3.8, 4) is 28.3 Å². The largest absolute Gasteiger partial charge is 0.496 e. The summed E-state index contributed by atoms with van der Waals surface area (Å²) in [6.07, 6.45) is 1.60. The normalized spacial score (nSPS) is 10.8. The highest BCUT2D eigenvalue weighted by Crippen LogP contribution is 2.41. The predicted octanol–water partition coefficient (Wildman–Crippen LogP) is 3.59. The van der Waals surface area contributed by atoms with E-state index in [9.17, 15) is 0 Å². The lowest BCUT2D eigenvalue weighted by Crippen LogP contribution is -1.98. The Morgan fingerprint density at radius 3 is 2.81 bits per heavy atom. The van der Waals surface area contributed by atoms with Crippen molar-refractivity contribution < 1.29 is 9.15 Å². The van der Waals surface area contributed by atoms with Gasteiger partial charge in [0.2, 0.25) is 0 Å². The second kappa shape index (κ2) is 5.18. The number of hydrogen-bond donors (Lipinski definition) is 1. The Balaban J connectivity index is 2.30. The van der Waals surface area contributed by atoms with Crippen molar-refractivity contribution in [2.75, 3.05) is 12.8 Å². The number of aryl methyl sites for hydroxylation is 1. The number of anilines is 1. The van der Waals surface area contributed by atoms with Gasteiger partial charge in [-0.25, -0.2) is 0 Å². The predicted molar refractivity (Wildman–Crippen MR) is 82.3 cm³/mol. The Bertz CT molecular complexity index is 779. The fourth-order valence-corrected chi connectivity index (χ4v) is 2.44. The summed E-state index contributed by atoms with van der Waals surface area (Å²) < 4.78 is 12.5. The van der Waals surface area contributed by atoms with E-state index in [-0.39, 0.29) is 0 Å². The van der Waals surface area contributed by atoms with E-state index in [1.807, 2.05) is 6.07 Å². The van der Waals surface area contributed by atoms with E-state index in [0.29, 0.717) is 28.0 Å². The molecule has 1 aromatic carbocycles. The molecule has 0 atom stereocenters. The monoisotopic (exact) mass is 303 g/mol. The second-order valence-electron chi connectivity index (χ2n) is 4.55. The summed E-state index contributed by atoms with van der Waals surface area (Å²) >= 11 is 6.11.